The third kappa shape index (κ3) is 4.48. The van der Waals surface area contributed by atoms with Crippen molar-refractivity contribution in [1.82, 2.24) is 5.32 Å². The van der Waals surface area contributed by atoms with Gasteiger partial charge in [0.2, 0.25) is 5.91 Å². The number of halogens is 1. The van der Waals surface area contributed by atoms with Crippen molar-refractivity contribution in [3.8, 4) is 0 Å². The highest BCUT2D eigenvalue weighted by Gasteiger charge is 2.30. The lowest BCUT2D eigenvalue weighted by Gasteiger charge is -2.21. The molecule has 2 rings (SSSR count). The molecule has 0 unspecified atom stereocenters. The smallest absolute Gasteiger partial charge is 0.244 e. The van der Waals surface area contributed by atoms with Crippen LogP contribution in [0.5, 0.6) is 0 Å². The highest BCUT2D eigenvalue weighted by atomic mass is 79.9. The maximum absolute atomic E-state index is 11.7. The van der Waals surface area contributed by atoms with Gasteiger partial charge in [0.25, 0.3) is 0 Å². The van der Waals surface area contributed by atoms with E-state index in [0.29, 0.717) is 6.54 Å². The molecule has 0 aliphatic heterocycles. The Labute approximate surface area is 121 Å². The summed E-state index contributed by atoms with van der Waals surface area (Å²) >= 11 is 3.36. The average molecular weight is 324 g/mol. The molecule has 1 fully saturated rings. The van der Waals surface area contributed by atoms with Crippen molar-refractivity contribution < 1.29 is 9.90 Å². The Hall–Kier alpha value is -1.13. The molecule has 3 nitrogen and oxygen atoms in total. The Morgan fingerprint density at radius 1 is 1.32 bits per heavy atom. The van der Waals surface area contributed by atoms with Crippen LogP contribution in [0.1, 0.15) is 31.2 Å². The fourth-order valence-corrected chi connectivity index (χ4v) is 2.53. The molecule has 102 valence electrons. The van der Waals surface area contributed by atoms with Crippen molar-refractivity contribution in [2.45, 2.75) is 31.3 Å². The van der Waals surface area contributed by atoms with Gasteiger partial charge in [0.05, 0.1) is 5.60 Å². The number of carbonyl (C=O) groups is 1. The molecule has 1 amide bonds. The summed E-state index contributed by atoms with van der Waals surface area (Å²) in [4.78, 5) is 11.7. The molecule has 2 N–H and O–H groups in total. The minimum Gasteiger partial charge on any atom is -0.388 e. The molecule has 0 heterocycles. The first-order valence-corrected chi connectivity index (χ1v) is 7.31. The van der Waals surface area contributed by atoms with Crippen molar-refractivity contribution in [1.29, 1.82) is 0 Å². The van der Waals surface area contributed by atoms with E-state index in [-0.39, 0.29) is 5.91 Å². The zero-order valence-corrected chi connectivity index (χ0v) is 12.3. The number of carbonyl (C=O) groups excluding carboxylic acids is 1. The molecule has 0 atom stereocenters. The van der Waals surface area contributed by atoms with Crippen LogP contribution in [0.2, 0.25) is 0 Å². The summed E-state index contributed by atoms with van der Waals surface area (Å²) in [5.41, 5.74) is 0.277. The highest BCUT2D eigenvalue weighted by Crippen LogP contribution is 2.28. The molecular formula is C15H18BrNO2. The number of nitrogens with one attached hydrogen (secondary N) is 1. The van der Waals surface area contributed by atoms with Crippen molar-refractivity contribution >= 4 is 27.9 Å². The summed E-state index contributed by atoms with van der Waals surface area (Å²) in [6.45, 7) is 0.344. The van der Waals surface area contributed by atoms with E-state index >= 15 is 0 Å². The molecule has 4 heteroatoms. The maximum Gasteiger partial charge on any atom is 0.244 e. The Bertz CT molecular complexity index is 462. The van der Waals surface area contributed by atoms with Crippen LogP contribution in [0.3, 0.4) is 0 Å². The topological polar surface area (TPSA) is 49.3 Å². The fraction of sp³-hybridized carbons (Fsp3) is 0.400. The fourth-order valence-electron chi connectivity index (χ4n) is 2.27. The van der Waals surface area contributed by atoms with E-state index in [4.69, 9.17) is 0 Å². The molecule has 19 heavy (non-hydrogen) atoms. The molecule has 1 saturated carbocycles. The Morgan fingerprint density at radius 2 is 1.95 bits per heavy atom. The second kappa shape index (κ2) is 6.35. The van der Waals surface area contributed by atoms with Gasteiger partial charge in [-0.2, -0.15) is 0 Å². The van der Waals surface area contributed by atoms with E-state index in [2.05, 4.69) is 21.2 Å². The lowest BCUT2D eigenvalue weighted by atomic mass is 10.0. The molecule has 0 spiro atoms. The standard InChI is InChI=1S/C15H18BrNO2/c16-13-6-3-12(4-7-13)5-8-14(18)17-11-15(19)9-1-2-10-15/h3-8,19H,1-2,9-11H2,(H,17,18). The minimum atomic E-state index is -0.693. The number of amides is 1. The molecule has 0 saturated heterocycles. The van der Waals surface area contributed by atoms with Crippen LogP contribution in [0.15, 0.2) is 34.8 Å². The van der Waals surface area contributed by atoms with E-state index in [0.717, 1.165) is 35.7 Å². The third-order valence-corrected chi connectivity index (χ3v) is 3.95. The van der Waals surface area contributed by atoms with Crippen LogP contribution < -0.4 is 5.32 Å². The highest BCUT2D eigenvalue weighted by molar-refractivity contribution is 9.10. The molecular weight excluding hydrogens is 306 g/mol. The molecule has 1 aliphatic rings. The molecule has 1 aliphatic carbocycles. The first-order valence-electron chi connectivity index (χ1n) is 6.51. The van der Waals surface area contributed by atoms with Crippen LogP contribution in [-0.2, 0) is 4.79 Å². The molecule has 1 aromatic rings. The van der Waals surface area contributed by atoms with E-state index in [1.54, 1.807) is 6.08 Å². The summed E-state index contributed by atoms with van der Waals surface area (Å²) in [5.74, 6) is -0.164. The van der Waals surface area contributed by atoms with Crippen LogP contribution >= 0.6 is 15.9 Å². The van der Waals surface area contributed by atoms with Gasteiger partial charge < -0.3 is 10.4 Å². The number of hydrogen-bond donors (Lipinski definition) is 2. The molecule has 1 aromatic carbocycles. The van der Waals surface area contributed by atoms with E-state index in [9.17, 15) is 9.90 Å². The summed E-state index contributed by atoms with van der Waals surface area (Å²) in [6, 6.07) is 7.72. The Morgan fingerprint density at radius 3 is 2.58 bits per heavy atom. The molecule has 0 bridgehead atoms. The van der Waals surface area contributed by atoms with E-state index in [1.807, 2.05) is 24.3 Å². The van der Waals surface area contributed by atoms with Crippen LogP contribution in [0, 0.1) is 0 Å². The third-order valence-electron chi connectivity index (χ3n) is 3.42. The summed E-state index contributed by atoms with van der Waals surface area (Å²) < 4.78 is 1.01. The van der Waals surface area contributed by atoms with Gasteiger partial charge >= 0.3 is 0 Å². The summed E-state index contributed by atoms with van der Waals surface area (Å²) in [6.07, 6.45) is 6.91. The van der Waals surface area contributed by atoms with Crippen molar-refractivity contribution in [2.24, 2.45) is 0 Å². The average Bonchev–Trinajstić information content (AvgIpc) is 2.83. The van der Waals surface area contributed by atoms with E-state index in [1.165, 1.54) is 6.08 Å². The second-order valence-corrected chi connectivity index (χ2v) is 5.95. The van der Waals surface area contributed by atoms with E-state index < -0.39 is 5.60 Å². The lowest BCUT2D eigenvalue weighted by molar-refractivity contribution is -0.117. The van der Waals surface area contributed by atoms with Crippen LogP contribution in [0.25, 0.3) is 6.08 Å². The quantitative estimate of drug-likeness (QED) is 0.837. The lowest BCUT2D eigenvalue weighted by Crippen LogP contribution is -2.40. The van der Waals surface area contributed by atoms with Gasteiger partial charge in [0.1, 0.15) is 0 Å². The van der Waals surface area contributed by atoms with Gasteiger partial charge in [-0.1, -0.05) is 40.9 Å². The molecule has 0 aromatic heterocycles. The second-order valence-electron chi connectivity index (χ2n) is 5.03. The zero-order valence-electron chi connectivity index (χ0n) is 10.7. The van der Waals surface area contributed by atoms with Gasteiger partial charge in [-0.25, -0.2) is 0 Å². The Kier molecular flexibility index (Phi) is 4.77. The predicted octanol–water partition coefficient (Wildman–Crippen LogP) is 2.88. The maximum atomic E-state index is 11.7. The van der Waals surface area contributed by atoms with Crippen LogP contribution in [-0.4, -0.2) is 23.2 Å². The number of aliphatic hydroxyl groups is 1. The summed E-state index contributed by atoms with van der Waals surface area (Å²) in [5, 5.41) is 12.9. The van der Waals surface area contributed by atoms with Crippen LogP contribution in [0.4, 0.5) is 0 Å². The number of hydrogen-bond acceptors (Lipinski definition) is 2. The minimum absolute atomic E-state index is 0.164. The normalized spacial score (nSPS) is 17.8. The molecule has 0 radical (unpaired) electrons. The Balaban J connectivity index is 1.82. The van der Waals surface area contributed by atoms with Gasteiger partial charge in [-0.15, -0.1) is 0 Å². The predicted molar refractivity (Wildman–Crippen MR) is 79.6 cm³/mol. The number of benzene rings is 1. The summed E-state index contributed by atoms with van der Waals surface area (Å²) in [7, 11) is 0. The van der Waals surface area contributed by atoms with Gasteiger partial charge in [-0.3, -0.25) is 4.79 Å². The number of rotatable bonds is 4. The first kappa shape index (κ1) is 14.3. The van der Waals surface area contributed by atoms with Crippen molar-refractivity contribution in [3.05, 3.63) is 40.4 Å². The largest absolute Gasteiger partial charge is 0.388 e. The van der Waals surface area contributed by atoms with Gasteiger partial charge in [-0.05, 0) is 36.6 Å². The van der Waals surface area contributed by atoms with Crippen molar-refractivity contribution in [2.75, 3.05) is 6.54 Å². The SMILES string of the molecule is O=C(C=Cc1ccc(Br)cc1)NCC1(O)CCCC1. The zero-order chi connectivity index (χ0) is 13.7. The van der Waals surface area contributed by atoms with Gasteiger partial charge in [0.15, 0.2) is 0 Å². The van der Waals surface area contributed by atoms with Crippen molar-refractivity contribution in [3.63, 3.8) is 0 Å². The first-order chi connectivity index (χ1) is 9.07. The van der Waals surface area contributed by atoms with Gasteiger partial charge in [0, 0.05) is 17.1 Å². The monoisotopic (exact) mass is 323 g/mol.